The van der Waals surface area contributed by atoms with Crippen molar-refractivity contribution in [3.05, 3.63) is 35.4 Å². The fourth-order valence-corrected chi connectivity index (χ4v) is 1.51. The first kappa shape index (κ1) is 12.4. The Morgan fingerprint density at radius 2 is 1.87 bits per heavy atom. The molecule has 0 bridgehead atoms. The highest BCUT2D eigenvalue weighted by atomic mass is 35.5. The van der Waals surface area contributed by atoms with Gasteiger partial charge in [0.15, 0.2) is 0 Å². The molecular weight excluding hydrogens is 225 g/mol. The van der Waals surface area contributed by atoms with Crippen molar-refractivity contribution in [1.82, 2.24) is 0 Å². The quantitative estimate of drug-likeness (QED) is 0.693. The maximum absolute atomic E-state index is 12.6. The van der Waals surface area contributed by atoms with Crippen LogP contribution in [0.1, 0.15) is 18.1 Å². The summed E-state index contributed by atoms with van der Waals surface area (Å²) in [5.74, 6) is 0.418. The molecule has 1 rings (SSSR count). The minimum Gasteiger partial charge on any atom is -0.166 e. The average Bonchev–Trinajstić information content (AvgIpc) is 2.17. The highest BCUT2D eigenvalue weighted by Gasteiger charge is 2.32. The van der Waals surface area contributed by atoms with Crippen LogP contribution in [0.5, 0.6) is 0 Å². The molecule has 0 N–H and O–H groups in total. The van der Waals surface area contributed by atoms with Crippen LogP contribution in [0.15, 0.2) is 24.3 Å². The van der Waals surface area contributed by atoms with Crippen LogP contribution in [0, 0.1) is 5.92 Å². The molecule has 0 heterocycles. The molecule has 0 saturated heterocycles. The lowest BCUT2D eigenvalue weighted by molar-refractivity contribution is -0.138. The fourth-order valence-electron chi connectivity index (χ4n) is 1.40. The van der Waals surface area contributed by atoms with E-state index in [1.165, 1.54) is 12.1 Å². The van der Waals surface area contributed by atoms with Crippen LogP contribution in [0.2, 0.25) is 0 Å². The second kappa shape index (κ2) is 4.88. The van der Waals surface area contributed by atoms with Crippen molar-refractivity contribution in [2.75, 3.05) is 5.88 Å². The molecule has 0 aliphatic heterocycles. The lowest BCUT2D eigenvalue weighted by atomic mass is 9.98. The van der Waals surface area contributed by atoms with Crippen molar-refractivity contribution in [2.24, 2.45) is 5.92 Å². The van der Waals surface area contributed by atoms with Crippen molar-refractivity contribution < 1.29 is 13.2 Å². The maximum atomic E-state index is 12.6. The van der Waals surface area contributed by atoms with Crippen LogP contribution in [0.25, 0.3) is 0 Å². The Kier molecular flexibility index (Phi) is 4.03. The Morgan fingerprint density at radius 3 is 2.40 bits per heavy atom. The van der Waals surface area contributed by atoms with E-state index < -0.39 is 11.7 Å². The number of alkyl halides is 4. The highest BCUT2D eigenvalue weighted by Crippen LogP contribution is 2.32. The normalized spacial score (nSPS) is 13.9. The predicted octanol–water partition coefficient (Wildman–Crippen LogP) is 4.12. The summed E-state index contributed by atoms with van der Waals surface area (Å²) in [5, 5.41) is 0. The molecule has 1 atom stereocenters. The highest BCUT2D eigenvalue weighted by molar-refractivity contribution is 6.18. The molecule has 1 aromatic rings. The van der Waals surface area contributed by atoms with Gasteiger partial charge in [0.2, 0.25) is 0 Å². The molecular formula is C11H12ClF3. The van der Waals surface area contributed by atoms with Gasteiger partial charge in [-0.1, -0.05) is 25.1 Å². The fraction of sp³-hybridized carbons (Fsp3) is 0.455. The summed E-state index contributed by atoms with van der Waals surface area (Å²) in [6.07, 6.45) is -3.91. The van der Waals surface area contributed by atoms with Gasteiger partial charge >= 0.3 is 6.18 Å². The van der Waals surface area contributed by atoms with E-state index in [2.05, 4.69) is 0 Å². The first-order chi connectivity index (χ1) is 6.95. The Morgan fingerprint density at radius 1 is 1.27 bits per heavy atom. The first-order valence-corrected chi connectivity index (χ1v) is 5.19. The Hall–Kier alpha value is -0.700. The van der Waals surface area contributed by atoms with E-state index in [9.17, 15) is 13.2 Å². The second-order valence-electron chi connectivity index (χ2n) is 3.62. The van der Waals surface area contributed by atoms with Gasteiger partial charge in [0, 0.05) is 5.88 Å². The smallest absolute Gasteiger partial charge is 0.166 e. The molecule has 1 unspecified atom stereocenters. The van der Waals surface area contributed by atoms with E-state index in [4.69, 9.17) is 11.6 Å². The van der Waals surface area contributed by atoms with E-state index >= 15 is 0 Å². The molecule has 1 aromatic carbocycles. The van der Waals surface area contributed by atoms with Gasteiger partial charge in [-0.15, -0.1) is 11.6 Å². The predicted molar refractivity (Wildman–Crippen MR) is 55.0 cm³/mol. The van der Waals surface area contributed by atoms with Crippen molar-refractivity contribution in [3.8, 4) is 0 Å². The third-order valence-corrected chi connectivity index (χ3v) is 2.68. The van der Waals surface area contributed by atoms with Crippen LogP contribution in [0.4, 0.5) is 13.2 Å². The van der Waals surface area contributed by atoms with Gasteiger partial charge < -0.3 is 0 Å². The van der Waals surface area contributed by atoms with Gasteiger partial charge in [-0.05, 0) is 24.0 Å². The standard InChI is InChI=1S/C11H12ClF3/c1-8(7-12)6-9-4-2-3-5-10(9)11(13,14)15/h2-5,8H,6-7H2,1H3. The molecule has 0 aliphatic rings. The van der Waals surface area contributed by atoms with Crippen molar-refractivity contribution in [3.63, 3.8) is 0 Å². The van der Waals surface area contributed by atoms with Gasteiger partial charge in [-0.2, -0.15) is 13.2 Å². The van der Waals surface area contributed by atoms with E-state index in [0.717, 1.165) is 6.07 Å². The third kappa shape index (κ3) is 3.42. The number of hydrogen-bond donors (Lipinski definition) is 0. The summed E-state index contributed by atoms with van der Waals surface area (Å²) in [5.41, 5.74) is -0.236. The third-order valence-electron chi connectivity index (χ3n) is 2.15. The summed E-state index contributed by atoms with van der Waals surface area (Å²) < 4.78 is 37.7. The van der Waals surface area contributed by atoms with Crippen LogP contribution in [-0.2, 0) is 12.6 Å². The number of hydrogen-bond acceptors (Lipinski definition) is 0. The Balaban J connectivity index is 2.97. The largest absolute Gasteiger partial charge is 0.416 e. The van der Waals surface area contributed by atoms with Crippen LogP contribution < -0.4 is 0 Å². The zero-order valence-electron chi connectivity index (χ0n) is 8.31. The van der Waals surface area contributed by atoms with Gasteiger partial charge in [-0.3, -0.25) is 0 Å². The molecule has 4 heteroatoms. The van der Waals surface area contributed by atoms with Gasteiger partial charge in [0.1, 0.15) is 0 Å². The molecule has 0 aromatic heterocycles. The molecule has 0 saturated carbocycles. The minimum absolute atomic E-state index is 0.0511. The van der Waals surface area contributed by atoms with Crippen molar-refractivity contribution in [2.45, 2.75) is 19.5 Å². The van der Waals surface area contributed by atoms with E-state index in [1.807, 2.05) is 6.92 Å². The molecule has 0 amide bonds. The summed E-state index contributed by atoms with van der Waals surface area (Å²) >= 11 is 5.59. The van der Waals surface area contributed by atoms with E-state index in [-0.39, 0.29) is 5.92 Å². The topological polar surface area (TPSA) is 0 Å². The summed E-state index contributed by atoms with van der Waals surface area (Å²) in [7, 11) is 0. The zero-order valence-corrected chi connectivity index (χ0v) is 9.07. The van der Waals surface area contributed by atoms with Gasteiger partial charge in [-0.25, -0.2) is 0 Å². The van der Waals surface area contributed by atoms with Crippen LogP contribution in [0.3, 0.4) is 0 Å². The maximum Gasteiger partial charge on any atom is 0.416 e. The molecule has 15 heavy (non-hydrogen) atoms. The lowest BCUT2D eigenvalue weighted by Gasteiger charge is -2.14. The zero-order chi connectivity index (χ0) is 11.5. The van der Waals surface area contributed by atoms with Gasteiger partial charge in [0.05, 0.1) is 5.56 Å². The SMILES string of the molecule is CC(CCl)Cc1ccccc1C(F)(F)F. The Labute approximate surface area is 92.1 Å². The summed E-state index contributed by atoms with van der Waals surface area (Å²) in [6.45, 7) is 1.83. The van der Waals surface area contributed by atoms with Crippen molar-refractivity contribution >= 4 is 11.6 Å². The molecule has 0 aliphatic carbocycles. The molecule has 0 nitrogen and oxygen atoms in total. The van der Waals surface area contributed by atoms with Gasteiger partial charge in [0.25, 0.3) is 0 Å². The minimum atomic E-state index is -4.28. The first-order valence-electron chi connectivity index (χ1n) is 4.66. The molecule has 0 spiro atoms. The second-order valence-corrected chi connectivity index (χ2v) is 3.93. The number of benzene rings is 1. The number of rotatable bonds is 3. The summed E-state index contributed by atoms with van der Waals surface area (Å²) in [6, 6.07) is 5.63. The summed E-state index contributed by atoms with van der Waals surface area (Å²) in [4.78, 5) is 0. The molecule has 84 valence electrons. The van der Waals surface area contributed by atoms with E-state index in [0.29, 0.717) is 17.9 Å². The number of halogens is 4. The van der Waals surface area contributed by atoms with Crippen molar-refractivity contribution in [1.29, 1.82) is 0 Å². The molecule has 0 fully saturated rings. The Bertz CT molecular complexity index is 320. The molecule has 0 radical (unpaired) electrons. The van der Waals surface area contributed by atoms with Crippen LogP contribution in [-0.4, -0.2) is 5.88 Å². The van der Waals surface area contributed by atoms with Crippen LogP contribution >= 0.6 is 11.6 Å². The lowest BCUT2D eigenvalue weighted by Crippen LogP contribution is -2.11. The van der Waals surface area contributed by atoms with E-state index in [1.54, 1.807) is 6.07 Å². The average molecular weight is 237 g/mol. The monoisotopic (exact) mass is 236 g/mol.